The van der Waals surface area contributed by atoms with Crippen LogP contribution >= 0.6 is 0 Å². The largest absolute Gasteiger partial charge is 0.345 e. The van der Waals surface area contributed by atoms with Crippen LogP contribution in [0.15, 0.2) is 18.2 Å². The van der Waals surface area contributed by atoms with Crippen molar-refractivity contribution < 1.29 is 18.4 Å². The first-order valence-electron chi connectivity index (χ1n) is 7.71. The van der Waals surface area contributed by atoms with Gasteiger partial charge in [0.05, 0.1) is 0 Å². The molecule has 5 nitrogen and oxygen atoms in total. The van der Waals surface area contributed by atoms with Crippen LogP contribution in [0.5, 0.6) is 0 Å². The number of halogens is 2. The average Bonchev–Trinajstić information content (AvgIpc) is 2.40. The Morgan fingerprint density at radius 1 is 1.08 bits per heavy atom. The number of nitrogens with one attached hydrogen (secondary N) is 2. The third kappa shape index (κ3) is 6.62. The summed E-state index contributed by atoms with van der Waals surface area (Å²) in [5, 5.41) is 4.90. The number of rotatable bonds is 5. The molecule has 0 aliphatic carbocycles. The summed E-state index contributed by atoms with van der Waals surface area (Å²) in [6.45, 7) is 6.65. The van der Waals surface area contributed by atoms with Gasteiger partial charge >= 0.3 is 11.8 Å². The number of carbonyl (C=O) groups excluding carboxylic acids is 2. The van der Waals surface area contributed by atoms with Crippen LogP contribution in [0.25, 0.3) is 0 Å². The SMILES string of the molecule is CN(C)CC[C@H](NC(=O)C(=O)Nc1cc(F)cc(F)c1)C(C)(C)C. The molecule has 2 N–H and O–H groups in total. The predicted octanol–water partition coefficient (Wildman–Crippen LogP) is 2.39. The summed E-state index contributed by atoms with van der Waals surface area (Å²) in [5.74, 6) is -3.45. The summed E-state index contributed by atoms with van der Waals surface area (Å²) in [4.78, 5) is 26.0. The third-order valence-electron chi connectivity index (χ3n) is 3.54. The van der Waals surface area contributed by atoms with Crippen LogP contribution in [0.4, 0.5) is 14.5 Å². The Morgan fingerprint density at radius 2 is 1.62 bits per heavy atom. The van der Waals surface area contributed by atoms with Crippen LogP contribution in [0, 0.1) is 17.0 Å². The van der Waals surface area contributed by atoms with Crippen molar-refractivity contribution in [3.8, 4) is 0 Å². The number of hydrogen-bond acceptors (Lipinski definition) is 3. The van der Waals surface area contributed by atoms with Crippen LogP contribution in [0.2, 0.25) is 0 Å². The zero-order chi connectivity index (χ0) is 18.5. The molecule has 0 fully saturated rings. The van der Waals surface area contributed by atoms with Crippen LogP contribution in [0.1, 0.15) is 27.2 Å². The van der Waals surface area contributed by atoms with E-state index in [0.717, 1.165) is 18.7 Å². The lowest BCUT2D eigenvalue weighted by molar-refractivity contribution is -0.137. The van der Waals surface area contributed by atoms with Crippen molar-refractivity contribution in [3.05, 3.63) is 29.8 Å². The Bertz CT molecular complexity index is 578. The molecule has 0 spiro atoms. The van der Waals surface area contributed by atoms with Crippen molar-refractivity contribution in [2.24, 2.45) is 5.41 Å². The molecular formula is C17H25F2N3O2. The van der Waals surface area contributed by atoms with Gasteiger partial charge in [0.1, 0.15) is 11.6 Å². The second kappa shape index (κ2) is 8.19. The normalized spacial score (nSPS) is 12.8. The lowest BCUT2D eigenvalue weighted by atomic mass is 9.84. The smallest absolute Gasteiger partial charge is 0.313 e. The molecule has 0 heterocycles. The van der Waals surface area contributed by atoms with Gasteiger partial charge in [0.25, 0.3) is 0 Å². The van der Waals surface area contributed by atoms with Gasteiger partial charge in [-0.1, -0.05) is 20.8 Å². The maximum atomic E-state index is 13.1. The number of nitrogens with zero attached hydrogens (tertiary/aromatic N) is 1. The minimum Gasteiger partial charge on any atom is -0.345 e. The Hall–Kier alpha value is -2.02. The summed E-state index contributed by atoms with van der Waals surface area (Å²) in [6, 6.07) is 2.36. The average molecular weight is 341 g/mol. The fourth-order valence-corrected chi connectivity index (χ4v) is 2.15. The lowest BCUT2D eigenvalue weighted by Crippen LogP contribution is -2.48. The van der Waals surface area contributed by atoms with Crippen molar-refractivity contribution in [2.75, 3.05) is 26.0 Å². The second-order valence-corrected chi connectivity index (χ2v) is 7.10. The van der Waals surface area contributed by atoms with Crippen LogP contribution in [-0.4, -0.2) is 43.4 Å². The molecule has 1 rings (SSSR count). The van der Waals surface area contributed by atoms with E-state index in [1.165, 1.54) is 0 Å². The molecule has 1 atom stereocenters. The van der Waals surface area contributed by atoms with E-state index in [1.54, 1.807) is 0 Å². The fourth-order valence-electron chi connectivity index (χ4n) is 2.15. The number of hydrogen-bond donors (Lipinski definition) is 2. The summed E-state index contributed by atoms with van der Waals surface area (Å²) in [6.07, 6.45) is 0.671. The Labute approximate surface area is 141 Å². The zero-order valence-electron chi connectivity index (χ0n) is 14.7. The first-order chi connectivity index (χ1) is 11.0. The van der Waals surface area contributed by atoms with E-state index in [-0.39, 0.29) is 17.1 Å². The second-order valence-electron chi connectivity index (χ2n) is 7.10. The highest BCUT2D eigenvalue weighted by molar-refractivity contribution is 6.39. The van der Waals surface area contributed by atoms with E-state index in [2.05, 4.69) is 10.6 Å². The van der Waals surface area contributed by atoms with E-state index in [0.29, 0.717) is 12.5 Å². The van der Waals surface area contributed by atoms with Gasteiger partial charge < -0.3 is 15.5 Å². The monoisotopic (exact) mass is 341 g/mol. The van der Waals surface area contributed by atoms with Gasteiger partial charge in [-0.2, -0.15) is 0 Å². The van der Waals surface area contributed by atoms with Gasteiger partial charge in [0.15, 0.2) is 0 Å². The Balaban J connectivity index is 2.74. The molecule has 0 aliphatic heterocycles. The molecule has 1 aromatic rings. The minimum absolute atomic E-state index is 0.103. The molecule has 0 aliphatic rings. The standard InChI is InChI=1S/C17H25F2N3O2/c1-17(2,3)14(6-7-22(4)5)21-16(24)15(23)20-13-9-11(18)8-12(19)10-13/h8-10,14H,6-7H2,1-5H3,(H,20,23)(H,21,24)/t14-/m0/s1. The van der Waals surface area contributed by atoms with Crippen LogP contribution < -0.4 is 10.6 Å². The summed E-state index contributed by atoms with van der Waals surface area (Å²) >= 11 is 0. The van der Waals surface area contributed by atoms with Gasteiger partial charge in [0.2, 0.25) is 0 Å². The number of carbonyl (C=O) groups is 2. The molecule has 1 aromatic carbocycles. The Morgan fingerprint density at radius 3 is 2.08 bits per heavy atom. The van der Waals surface area contributed by atoms with E-state index in [4.69, 9.17) is 0 Å². The highest BCUT2D eigenvalue weighted by Gasteiger charge is 2.28. The van der Waals surface area contributed by atoms with Crippen molar-refractivity contribution in [2.45, 2.75) is 33.2 Å². The van der Waals surface area contributed by atoms with Gasteiger partial charge in [-0.05, 0) is 44.6 Å². The molecule has 0 bridgehead atoms. The quantitative estimate of drug-likeness (QED) is 0.809. The molecular weight excluding hydrogens is 316 g/mol. The van der Waals surface area contributed by atoms with Crippen molar-refractivity contribution in [1.29, 1.82) is 0 Å². The molecule has 134 valence electrons. The van der Waals surface area contributed by atoms with E-state index in [9.17, 15) is 18.4 Å². The van der Waals surface area contributed by atoms with Gasteiger partial charge in [-0.3, -0.25) is 9.59 Å². The predicted molar refractivity (Wildman–Crippen MR) is 89.5 cm³/mol. The molecule has 0 unspecified atom stereocenters. The first-order valence-corrected chi connectivity index (χ1v) is 7.71. The lowest BCUT2D eigenvalue weighted by Gasteiger charge is -2.32. The maximum absolute atomic E-state index is 13.1. The van der Waals surface area contributed by atoms with Crippen molar-refractivity contribution in [1.82, 2.24) is 10.2 Å². The molecule has 0 aromatic heterocycles. The molecule has 24 heavy (non-hydrogen) atoms. The zero-order valence-corrected chi connectivity index (χ0v) is 14.7. The molecule has 7 heteroatoms. The first kappa shape index (κ1) is 20.0. The summed E-state index contributed by atoms with van der Waals surface area (Å²) in [7, 11) is 3.85. The van der Waals surface area contributed by atoms with E-state index in [1.807, 2.05) is 39.8 Å². The number of amides is 2. The summed E-state index contributed by atoms with van der Waals surface area (Å²) in [5.41, 5.74) is -0.343. The van der Waals surface area contributed by atoms with Crippen molar-refractivity contribution in [3.63, 3.8) is 0 Å². The molecule has 0 saturated carbocycles. The van der Waals surface area contributed by atoms with Gasteiger partial charge in [0, 0.05) is 17.8 Å². The highest BCUT2D eigenvalue weighted by Crippen LogP contribution is 2.22. The van der Waals surface area contributed by atoms with Crippen LogP contribution in [0.3, 0.4) is 0 Å². The number of anilines is 1. The van der Waals surface area contributed by atoms with Crippen molar-refractivity contribution >= 4 is 17.5 Å². The molecule has 2 amide bonds. The van der Waals surface area contributed by atoms with Gasteiger partial charge in [-0.15, -0.1) is 0 Å². The third-order valence-corrected chi connectivity index (χ3v) is 3.54. The highest BCUT2D eigenvalue weighted by atomic mass is 19.1. The topological polar surface area (TPSA) is 61.4 Å². The molecule has 0 radical (unpaired) electrons. The van der Waals surface area contributed by atoms with E-state index < -0.39 is 23.4 Å². The maximum Gasteiger partial charge on any atom is 0.313 e. The molecule has 0 saturated heterocycles. The van der Waals surface area contributed by atoms with Crippen LogP contribution in [-0.2, 0) is 9.59 Å². The Kier molecular flexibility index (Phi) is 6.83. The van der Waals surface area contributed by atoms with Gasteiger partial charge in [-0.25, -0.2) is 8.78 Å². The minimum atomic E-state index is -0.959. The fraction of sp³-hybridized carbons (Fsp3) is 0.529. The van der Waals surface area contributed by atoms with E-state index >= 15 is 0 Å². The summed E-state index contributed by atoms with van der Waals surface area (Å²) < 4.78 is 26.3. The number of benzene rings is 1.